The average Bonchev–Trinajstić information content (AvgIpc) is 3.44. The largest absolute Gasteiger partial charge is 0.449 e. The number of hydrogen-bond donors (Lipinski definition) is 2. The Kier molecular flexibility index (Phi) is 5.42. The van der Waals surface area contributed by atoms with Crippen LogP contribution in [0.5, 0.6) is 0 Å². The molecule has 4 heterocycles. The van der Waals surface area contributed by atoms with Gasteiger partial charge in [0.25, 0.3) is 5.91 Å². The highest BCUT2D eigenvalue weighted by Crippen LogP contribution is 2.21. The number of amides is 1. The number of aliphatic hydroxyl groups is 1. The monoisotopic (exact) mass is 433 g/mol. The van der Waals surface area contributed by atoms with Gasteiger partial charge in [0.05, 0.1) is 24.3 Å². The SMILES string of the molecule is Cc1nc(-c2ccc(Cc3cc(C(=O)N[C@H]4CCOC[C@@H]4O)c4ncnn4c3)cc2)co1. The van der Waals surface area contributed by atoms with Crippen LogP contribution in [0.2, 0.25) is 0 Å². The minimum atomic E-state index is -0.725. The number of aromatic nitrogens is 4. The molecule has 0 spiro atoms. The first-order chi connectivity index (χ1) is 15.6. The number of fused-ring (bicyclic) bond motifs is 1. The van der Waals surface area contributed by atoms with E-state index in [1.54, 1.807) is 10.8 Å². The first-order valence-corrected chi connectivity index (χ1v) is 10.5. The Morgan fingerprint density at radius 2 is 2.12 bits per heavy atom. The predicted molar refractivity (Wildman–Crippen MR) is 115 cm³/mol. The standard InChI is InChI=1S/C23H23N5O4/c1-14-26-20(11-32-14)17-4-2-15(3-5-17)8-16-9-18(22-24-13-25-28(22)10-16)23(30)27-19-6-7-31-12-21(19)29/h2-5,9-11,13,19,21,29H,6-8,12H2,1H3,(H,27,30)/t19-,21-/m0/s1. The molecule has 1 aliphatic rings. The van der Waals surface area contributed by atoms with E-state index in [1.165, 1.54) is 6.33 Å². The Morgan fingerprint density at radius 3 is 2.88 bits per heavy atom. The number of nitrogens with one attached hydrogen (secondary N) is 1. The van der Waals surface area contributed by atoms with E-state index in [-0.39, 0.29) is 18.6 Å². The minimum Gasteiger partial charge on any atom is -0.449 e. The first-order valence-electron chi connectivity index (χ1n) is 10.5. The second-order valence-corrected chi connectivity index (χ2v) is 7.93. The molecule has 1 saturated heterocycles. The van der Waals surface area contributed by atoms with Gasteiger partial charge in [0, 0.05) is 25.3 Å². The molecule has 32 heavy (non-hydrogen) atoms. The van der Waals surface area contributed by atoms with Crippen LogP contribution in [0.4, 0.5) is 0 Å². The zero-order valence-electron chi connectivity index (χ0n) is 17.6. The Labute approximate surface area is 184 Å². The zero-order valence-corrected chi connectivity index (χ0v) is 17.6. The van der Waals surface area contributed by atoms with Gasteiger partial charge in [-0.3, -0.25) is 4.79 Å². The third-order valence-electron chi connectivity index (χ3n) is 5.60. The number of carbonyl (C=O) groups excluding carboxylic acids is 1. The van der Waals surface area contributed by atoms with Crippen molar-refractivity contribution in [1.82, 2.24) is 24.9 Å². The number of nitrogens with zero attached hydrogens (tertiary/aromatic N) is 4. The van der Waals surface area contributed by atoms with E-state index in [4.69, 9.17) is 9.15 Å². The number of aryl methyl sites for hydroxylation is 1. The van der Waals surface area contributed by atoms with Crippen molar-refractivity contribution in [2.75, 3.05) is 13.2 Å². The zero-order chi connectivity index (χ0) is 22.1. The van der Waals surface area contributed by atoms with Crippen LogP contribution in [0.1, 0.15) is 33.8 Å². The molecule has 1 fully saturated rings. The first kappa shape index (κ1) is 20.3. The summed E-state index contributed by atoms with van der Waals surface area (Å²) in [5.41, 5.74) is 4.68. The second kappa shape index (κ2) is 8.52. The summed E-state index contributed by atoms with van der Waals surface area (Å²) >= 11 is 0. The van der Waals surface area contributed by atoms with Crippen molar-refractivity contribution in [3.8, 4) is 11.3 Å². The van der Waals surface area contributed by atoms with Crippen LogP contribution in [-0.2, 0) is 11.2 Å². The van der Waals surface area contributed by atoms with Crippen molar-refractivity contribution >= 4 is 11.6 Å². The van der Waals surface area contributed by atoms with Gasteiger partial charge in [-0.1, -0.05) is 24.3 Å². The van der Waals surface area contributed by atoms with Crippen LogP contribution < -0.4 is 5.32 Å². The maximum absolute atomic E-state index is 13.0. The van der Waals surface area contributed by atoms with Gasteiger partial charge in [-0.2, -0.15) is 5.10 Å². The molecule has 9 heteroatoms. The molecule has 9 nitrogen and oxygen atoms in total. The summed E-state index contributed by atoms with van der Waals surface area (Å²) in [5, 5.41) is 17.2. The van der Waals surface area contributed by atoms with Crippen molar-refractivity contribution in [2.24, 2.45) is 0 Å². The Bertz CT molecular complexity index is 1250. The van der Waals surface area contributed by atoms with E-state index in [0.717, 1.165) is 22.4 Å². The summed E-state index contributed by atoms with van der Waals surface area (Å²) < 4.78 is 12.1. The molecule has 0 bridgehead atoms. The number of ether oxygens (including phenoxy) is 1. The molecule has 164 valence electrons. The van der Waals surface area contributed by atoms with Gasteiger partial charge in [-0.05, 0) is 30.0 Å². The minimum absolute atomic E-state index is 0.217. The molecule has 0 unspecified atom stereocenters. The molecule has 0 radical (unpaired) electrons. The molecule has 1 aromatic carbocycles. The van der Waals surface area contributed by atoms with E-state index >= 15 is 0 Å². The van der Waals surface area contributed by atoms with Crippen molar-refractivity contribution in [3.05, 3.63) is 71.7 Å². The van der Waals surface area contributed by atoms with Crippen LogP contribution in [0.15, 0.2) is 53.5 Å². The quantitative estimate of drug-likeness (QED) is 0.496. The molecule has 2 N–H and O–H groups in total. The summed E-state index contributed by atoms with van der Waals surface area (Å²) in [4.78, 5) is 21.6. The Balaban J connectivity index is 1.38. The lowest BCUT2D eigenvalue weighted by Crippen LogP contribution is -2.48. The van der Waals surface area contributed by atoms with E-state index in [2.05, 4.69) is 20.4 Å². The molecule has 1 aliphatic heterocycles. The fourth-order valence-corrected chi connectivity index (χ4v) is 3.91. The van der Waals surface area contributed by atoms with Crippen LogP contribution in [0, 0.1) is 6.92 Å². The van der Waals surface area contributed by atoms with Gasteiger partial charge in [0.1, 0.15) is 18.3 Å². The summed E-state index contributed by atoms with van der Waals surface area (Å²) in [7, 11) is 0. The van der Waals surface area contributed by atoms with Gasteiger partial charge in [0.2, 0.25) is 0 Å². The highest BCUT2D eigenvalue weighted by molar-refractivity contribution is 6.00. The number of carbonyl (C=O) groups is 1. The van der Waals surface area contributed by atoms with Crippen molar-refractivity contribution in [1.29, 1.82) is 0 Å². The number of pyridine rings is 1. The highest BCUT2D eigenvalue weighted by Gasteiger charge is 2.26. The molecule has 0 aliphatic carbocycles. The number of rotatable bonds is 5. The summed E-state index contributed by atoms with van der Waals surface area (Å²) in [6, 6.07) is 9.55. The molecule has 4 aromatic rings. The van der Waals surface area contributed by atoms with Crippen LogP contribution in [0.3, 0.4) is 0 Å². The van der Waals surface area contributed by atoms with E-state index in [0.29, 0.717) is 36.5 Å². The maximum Gasteiger partial charge on any atom is 0.255 e. The molecule has 2 atom stereocenters. The predicted octanol–water partition coefficient (Wildman–Crippen LogP) is 2.16. The number of aliphatic hydroxyl groups excluding tert-OH is 1. The summed E-state index contributed by atoms with van der Waals surface area (Å²) in [5.74, 6) is 0.344. The van der Waals surface area contributed by atoms with E-state index in [9.17, 15) is 9.90 Å². The number of hydrogen-bond acceptors (Lipinski definition) is 7. The second-order valence-electron chi connectivity index (χ2n) is 7.93. The molecular formula is C23H23N5O4. The molecule has 3 aromatic heterocycles. The van der Waals surface area contributed by atoms with E-state index < -0.39 is 6.10 Å². The number of oxazole rings is 1. The Morgan fingerprint density at radius 1 is 1.28 bits per heavy atom. The van der Waals surface area contributed by atoms with Crippen LogP contribution in [0.25, 0.3) is 16.9 Å². The van der Waals surface area contributed by atoms with Crippen LogP contribution >= 0.6 is 0 Å². The highest BCUT2D eigenvalue weighted by atomic mass is 16.5. The lowest BCUT2D eigenvalue weighted by atomic mass is 10.0. The van der Waals surface area contributed by atoms with Gasteiger partial charge in [0.15, 0.2) is 11.5 Å². The summed E-state index contributed by atoms with van der Waals surface area (Å²) in [6.07, 6.45) is 5.40. The van der Waals surface area contributed by atoms with Gasteiger partial charge < -0.3 is 19.6 Å². The normalized spacial score (nSPS) is 18.7. The third-order valence-corrected chi connectivity index (χ3v) is 5.60. The molecule has 1 amide bonds. The van der Waals surface area contributed by atoms with Crippen molar-refractivity contribution in [2.45, 2.75) is 31.9 Å². The van der Waals surface area contributed by atoms with Gasteiger partial charge in [-0.25, -0.2) is 14.5 Å². The lowest BCUT2D eigenvalue weighted by Gasteiger charge is -2.28. The summed E-state index contributed by atoms with van der Waals surface area (Å²) in [6.45, 7) is 2.54. The van der Waals surface area contributed by atoms with Crippen molar-refractivity contribution < 1.29 is 19.1 Å². The average molecular weight is 433 g/mol. The van der Waals surface area contributed by atoms with Gasteiger partial charge in [-0.15, -0.1) is 0 Å². The molecule has 0 saturated carbocycles. The van der Waals surface area contributed by atoms with Crippen LogP contribution in [-0.4, -0.2) is 56.0 Å². The van der Waals surface area contributed by atoms with E-state index in [1.807, 2.05) is 43.5 Å². The smallest absolute Gasteiger partial charge is 0.255 e. The third kappa shape index (κ3) is 4.12. The molecule has 5 rings (SSSR count). The fourth-order valence-electron chi connectivity index (χ4n) is 3.91. The van der Waals surface area contributed by atoms with Gasteiger partial charge >= 0.3 is 0 Å². The fraction of sp³-hybridized carbons (Fsp3) is 0.304. The Hall–Kier alpha value is -3.56. The molecular weight excluding hydrogens is 410 g/mol. The number of benzene rings is 1. The van der Waals surface area contributed by atoms with Crippen molar-refractivity contribution in [3.63, 3.8) is 0 Å². The topological polar surface area (TPSA) is 115 Å². The maximum atomic E-state index is 13.0. The lowest BCUT2D eigenvalue weighted by molar-refractivity contribution is -0.0260.